The number of morpholine rings is 1. The summed E-state index contributed by atoms with van der Waals surface area (Å²) in [4.78, 5) is 2.74. The van der Waals surface area contributed by atoms with Crippen LogP contribution in [0.3, 0.4) is 0 Å². The molecule has 1 aliphatic carbocycles. The van der Waals surface area contributed by atoms with Crippen LogP contribution >= 0.6 is 7.36 Å². The second-order valence-corrected chi connectivity index (χ2v) is 16.1. The molecule has 0 N–H and O–H groups in total. The highest BCUT2D eigenvalue weighted by Crippen LogP contribution is 2.72. The molecule has 6 rings (SSSR count). The first-order valence-corrected chi connectivity index (χ1v) is 17.1. The molecule has 2 saturated heterocycles. The SMILES string of the molecule is CC1(C)CC2=NN(c3ccccc3)P(=NS(=O)(=O)c3ccccc3)(N3CCOCC3)C2=C(N2CCCCC2)C1. The summed E-state index contributed by atoms with van der Waals surface area (Å²) >= 11 is 0. The molecule has 1 unspecified atom stereocenters. The van der Waals surface area contributed by atoms with E-state index in [1.807, 2.05) is 41.2 Å². The van der Waals surface area contributed by atoms with E-state index in [4.69, 9.17) is 14.0 Å². The molecule has 2 aromatic rings. The Kier molecular flexibility index (Phi) is 7.21. The largest absolute Gasteiger partial charge is 0.379 e. The van der Waals surface area contributed by atoms with Crippen molar-refractivity contribution in [3.05, 3.63) is 71.7 Å². The van der Waals surface area contributed by atoms with Gasteiger partial charge in [-0.2, -0.15) is 13.5 Å². The quantitative estimate of drug-likeness (QED) is 0.405. The van der Waals surface area contributed by atoms with Crippen molar-refractivity contribution in [1.82, 2.24) is 9.57 Å². The number of ether oxygens (including phenoxy) is 1. The minimum atomic E-state index is -4.00. The fourth-order valence-corrected chi connectivity index (χ4v) is 12.5. The van der Waals surface area contributed by atoms with Gasteiger partial charge in [-0.15, -0.1) is 4.15 Å². The van der Waals surface area contributed by atoms with Crippen LogP contribution in [0.15, 0.2) is 85.8 Å². The molecule has 39 heavy (non-hydrogen) atoms. The van der Waals surface area contributed by atoms with Crippen LogP contribution in [0.4, 0.5) is 5.69 Å². The van der Waals surface area contributed by atoms with E-state index in [2.05, 4.69) is 23.4 Å². The van der Waals surface area contributed by atoms with Gasteiger partial charge in [0, 0.05) is 31.9 Å². The molecule has 0 spiro atoms. The van der Waals surface area contributed by atoms with E-state index >= 15 is 0 Å². The van der Waals surface area contributed by atoms with Crippen molar-refractivity contribution in [2.75, 3.05) is 44.2 Å². The number of fused-ring (bicyclic) bond motifs is 1. The average molecular weight is 568 g/mol. The number of rotatable bonds is 5. The molecule has 4 aliphatic rings. The summed E-state index contributed by atoms with van der Waals surface area (Å²) in [5.74, 6) is 0. The van der Waals surface area contributed by atoms with Crippen LogP contribution in [-0.4, -0.2) is 63.1 Å². The Balaban J connectivity index is 1.69. The highest BCUT2D eigenvalue weighted by molar-refractivity contribution is 7.95. The Morgan fingerprint density at radius 1 is 0.872 bits per heavy atom. The first-order chi connectivity index (χ1) is 18.8. The predicted molar refractivity (Wildman–Crippen MR) is 157 cm³/mol. The van der Waals surface area contributed by atoms with E-state index in [1.165, 1.54) is 12.1 Å². The summed E-state index contributed by atoms with van der Waals surface area (Å²) < 4.78 is 43.5. The molecule has 0 aromatic heterocycles. The second kappa shape index (κ2) is 10.5. The normalized spacial score (nSPS) is 25.8. The molecule has 2 fully saturated rings. The summed E-state index contributed by atoms with van der Waals surface area (Å²) in [6.45, 7) is 8.87. The fourth-order valence-electron chi connectivity index (χ4n) is 6.22. The zero-order valence-electron chi connectivity index (χ0n) is 22.9. The number of hydrazone groups is 1. The molecule has 0 amide bonds. The molecular weight excluding hydrogens is 529 g/mol. The molecule has 2 aromatic carbocycles. The van der Waals surface area contributed by atoms with Crippen LogP contribution in [0.1, 0.15) is 46.0 Å². The minimum Gasteiger partial charge on any atom is -0.379 e. The summed E-state index contributed by atoms with van der Waals surface area (Å²) in [6.07, 6.45) is 5.20. The molecule has 0 saturated carbocycles. The smallest absolute Gasteiger partial charge is 0.284 e. The van der Waals surface area contributed by atoms with Gasteiger partial charge in [0.2, 0.25) is 0 Å². The van der Waals surface area contributed by atoms with Gasteiger partial charge in [-0.05, 0) is 61.8 Å². The Hall–Kier alpha value is -2.45. The van der Waals surface area contributed by atoms with E-state index < -0.39 is 17.4 Å². The van der Waals surface area contributed by atoms with E-state index in [1.54, 1.807) is 24.3 Å². The number of sulfonamides is 1. The topological polar surface area (TPSA) is 77.8 Å². The summed E-state index contributed by atoms with van der Waals surface area (Å²) in [6, 6.07) is 18.6. The first-order valence-electron chi connectivity index (χ1n) is 14.0. The molecule has 208 valence electrons. The number of hydrogen-bond donors (Lipinski definition) is 0. The van der Waals surface area contributed by atoms with Gasteiger partial charge in [-0.3, -0.25) is 0 Å². The number of benzene rings is 2. The lowest BCUT2D eigenvalue weighted by molar-refractivity contribution is 0.0743. The van der Waals surface area contributed by atoms with Crippen molar-refractivity contribution >= 4 is 28.8 Å². The van der Waals surface area contributed by atoms with Gasteiger partial charge in [-0.1, -0.05) is 50.2 Å². The zero-order chi connectivity index (χ0) is 27.1. The Morgan fingerprint density at radius 3 is 2.18 bits per heavy atom. The van der Waals surface area contributed by atoms with Crippen LogP contribution in [0.25, 0.3) is 0 Å². The number of likely N-dealkylation sites (tertiary alicyclic amines) is 1. The van der Waals surface area contributed by atoms with Gasteiger partial charge in [0.1, 0.15) is 0 Å². The highest BCUT2D eigenvalue weighted by Gasteiger charge is 2.53. The van der Waals surface area contributed by atoms with Gasteiger partial charge in [-0.25, -0.2) is 9.45 Å². The number of piperidine rings is 1. The molecule has 3 heterocycles. The number of allylic oxidation sites excluding steroid dienone is 2. The molecule has 0 radical (unpaired) electrons. The van der Waals surface area contributed by atoms with Gasteiger partial charge in [0.25, 0.3) is 10.0 Å². The van der Waals surface area contributed by atoms with Crippen LogP contribution in [0, 0.1) is 5.41 Å². The highest BCUT2D eigenvalue weighted by atomic mass is 32.2. The Bertz CT molecular complexity index is 1430. The van der Waals surface area contributed by atoms with Crippen molar-refractivity contribution in [2.24, 2.45) is 14.7 Å². The number of hydrogen-bond acceptors (Lipinski definition) is 5. The summed E-state index contributed by atoms with van der Waals surface area (Å²) in [5, 5.41) is 6.37. The van der Waals surface area contributed by atoms with E-state index in [9.17, 15) is 8.42 Å². The number of anilines is 1. The third-order valence-electron chi connectivity index (χ3n) is 7.99. The van der Waals surface area contributed by atoms with Crippen LogP contribution in [-0.2, 0) is 14.8 Å². The van der Waals surface area contributed by atoms with E-state index in [0.29, 0.717) is 26.3 Å². The maximum atomic E-state index is 14.2. The lowest BCUT2D eigenvalue weighted by Crippen LogP contribution is -2.40. The lowest BCUT2D eigenvalue weighted by Gasteiger charge is -2.45. The second-order valence-electron chi connectivity index (χ2n) is 11.5. The van der Waals surface area contributed by atoms with Gasteiger partial charge < -0.3 is 9.64 Å². The molecule has 3 aliphatic heterocycles. The van der Waals surface area contributed by atoms with E-state index in [-0.39, 0.29) is 10.3 Å². The third-order valence-corrected chi connectivity index (χ3v) is 13.8. The predicted octanol–water partition coefficient (Wildman–Crippen LogP) is 6.13. The van der Waals surface area contributed by atoms with Crippen molar-refractivity contribution in [2.45, 2.75) is 50.8 Å². The zero-order valence-corrected chi connectivity index (χ0v) is 24.6. The van der Waals surface area contributed by atoms with Crippen LogP contribution < -0.4 is 4.78 Å². The van der Waals surface area contributed by atoms with Crippen molar-refractivity contribution < 1.29 is 13.2 Å². The molecule has 8 nitrogen and oxygen atoms in total. The third kappa shape index (κ3) is 4.99. The molecular formula is C29H38N5O3PS. The average Bonchev–Trinajstić information content (AvgIpc) is 3.27. The molecule has 1 atom stereocenters. The molecule has 10 heteroatoms. The maximum absolute atomic E-state index is 14.2. The lowest BCUT2D eigenvalue weighted by atomic mass is 9.78. The number of para-hydroxylation sites is 1. The van der Waals surface area contributed by atoms with Crippen molar-refractivity contribution in [1.29, 1.82) is 0 Å². The van der Waals surface area contributed by atoms with Gasteiger partial charge in [0.05, 0.1) is 34.8 Å². The van der Waals surface area contributed by atoms with E-state index in [0.717, 1.165) is 55.5 Å². The van der Waals surface area contributed by atoms with Crippen LogP contribution in [0.2, 0.25) is 0 Å². The molecule has 0 bridgehead atoms. The standard InChI is InChI=1S/C29H38N5O3PS/c1-29(2)22-26-28(27(23-29)32-16-10-5-11-17-32)38(33-18-20-37-21-19-33,34(30-26)24-12-6-3-7-13-24)31-39(35,36)25-14-8-4-9-15-25/h3-4,6-9,12-15H,5,10-11,16-23H2,1-2H3. The fraction of sp³-hybridized carbons (Fsp3) is 0.483. The Labute approximate surface area is 232 Å². The Morgan fingerprint density at radius 2 is 1.51 bits per heavy atom. The van der Waals surface area contributed by atoms with Gasteiger partial charge in [0.15, 0.2) is 7.36 Å². The summed E-state index contributed by atoms with van der Waals surface area (Å²) in [5.41, 5.74) is 3.12. The monoisotopic (exact) mass is 567 g/mol. The summed E-state index contributed by atoms with van der Waals surface area (Å²) in [7, 11) is -7.10. The van der Waals surface area contributed by atoms with Crippen molar-refractivity contribution in [3.8, 4) is 0 Å². The van der Waals surface area contributed by atoms with Crippen LogP contribution in [0.5, 0.6) is 0 Å². The number of nitrogens with zero attached hydrogens (tertiary/aromatic N) is 5. The van der Waals surface area contributed by atoms with Gasteiger partial charge >= 0.3 is 0 Å². The first kappa shape index (κ1) is 26.8. The minimum absolute atomic E-state index is 0.0147. The maximum Gasteiger partial charge on any atom is 0.284 e. The van der Waals surface area contributed by atoms with Crippen molar-refractivity contribution in [3.63, 3.8) is 0 Å².